The van der Waals surface area contributed by atoms with Crippen molar-refractivity contribution in [1.82, 2.24) is 5.32 Å². The maximum Gasteiger partial charge on any atom is 0.142 e. The highest BCUT2D eigenvalue weighted by Crippen LogP contribution is 2.15. The van der Waals surface area contributed by atoms with Crippen molar-refractivity contribution in [2.75, 3.05) is 13.7 Å². The van der Waals surface area contributed by atoms with Gasteiger partial charge in [0.25, 0.3) is 0 Å². The molecular formula is C11H15ClFNO. The van der Waals surface area contributed by atoms with E-state index in [0.717, 1.165) is 5.56 Å². The van der Waals surface area contributed by atoms with E-state index in [-0.39, 0.29) is 16.9 Å². The van der Waals surface area contributed by atoms with E-state index in [4.69, 9.17) is 16.3 Å². The molecule has 0 unspecified atom stereocenters. The van der Waals surface area contributed by atoms with Gasteiger partial charge in [-0.1, -0.05) is 17.7 Å². The summed E-state index contributed by atoms with van der Waals surface area (Å²) < 4.78 is 18.0. The summed E-state index contributed by atoms with van der Waals surface area (Å²) in [7, 11) is 1.65. The van der Waals surface area contributed by atoms with E-state index < -0.39 is 0 Å². The number of hydrogen-bond acceptors (Lipinski definition) is 2. The van der Waals surface area contributed by atoms with Crippen LogP contribution in [0.5, 0.6) is 0 Å². The first kappa shape index (κ1) is 12.4. The number of rotatable bonds is 5. The van der Waals surface area contributed by atoms with E-state index in [9.17, 15) is 4.39 Å². The Bertz CT molecular complexity index is 319. The molecule has 0 radical (unpaired) electrons. The maximum atomic E-state index is 13.1. The number of hydrogen-bond donors (Lipinski definition) is 1. The zero-order valence-corrected chi connectivity index (χ0v) is 9.64. The third-order valence-electron chi connectivity index (χ3n) is 2.06. The highest BCUT2D eigenvalue weighted by molar-refractivity contribution is 6.30. The predicted molar refractivity (Wildman–Crippen MR) is 59.6 cm³/mol. The van der Waals surface area contributed by atoms with Crippen LogP contribution in [0.25, 0.3) is 0 Å². The molecule has 0 bridgehead atoms. The molecule has 0 spiro atoms. The van der Waals surface area contributed by atoms with Crippen LogP contribution < -0.4 is 5.32 Å². The largest absolute Gasteiger partial charge is 0.383 e. The van der Waals surface area contributed by atoms with Crippen molar-refractivity contribution in [3.63, 3.8) is 0 Å². The summed E-state index contributed by atoms with van der Waals surface area (Å²) in [5.74, 6) is -0.379. The Morgan fingerprint density at radius 1 is 1.53 bits per heavy atom. The Morgan fingerprint density at radius 2 is 2.27 bits per heavy atom. The molecule has 0 saturated heterocycles. The minimum absolute atomic E-state index is 0.156. The van der Waals surface area contributed by atoms with Crippen molar-refractivity contribution in [2.45, 2.75) is 19.5 Å². The summed E-state index contributed by atoms with van der Waals surface area (Å²) in [6.45, 7) is 3.25. The molecular weight excluding hydrogens is 217 g/mol. The van der Waals surface area contributed by atoms with Gasteiger partial charge in [-0.05, 0) is 24.6 Å². The molecule has 1 atom stereocenters. The average Bonchev–Trinajstić information content (AvgIpc) is 2.20. The fourth-order valence-electron chi connectivity index (χ4n) is 1.25. The molecule has 15 heavy (non-hydrogen) atoms. The lowest BCUT2D eigenvalue weighted by Crippen LogP contribution is -2.29. The van der Waals surface area contributed by atoms with Gasteiger partial charge in [-0.15, -0.1) is 0 Å². The Hall–Kier alpha value is -0.640. The Kier molecular flexibility index (Phi) is 5.02. The summed E-state index contributed by atoms with van der Waals surface area (Å²) in [6, 6.07) is 5.05. The number of ether oxygens (including phenoxy) is 1. The molecule has 0 aromatic heterocycles. The molecule has 0 aliphatic heterocycles. The third kappa shape index (κ3) is 4.16. The van der Waals surface area contributed by atoms with Crippen LogP contribution in [-0.2, 0) is 11.3 Å². The van der Waals surface area contributed by atoms with Crippen LogP contribution in [0.4, 0.5) is 4.39 Å². The molecule has 0 aliphatic carbocycles. The fraction of sp³-hybridized carbons (Fsp3) is 0.455. The fourth-order valence-corrected chi connectivity index (χ4v) is 1.37. The van der Waals surface area contributed by atoms with Crippen molar-refractivity contribution in [3.8, 4) is 0 Å². The summed E-state index contributed by atoms with van der Waals surface area (Å²) in [6.07, 6.45) is 0. The van der Waals surface area contributed by atoms with Gasteiger partial charge in [0.15, 0.2) is 0 Å². The molecule has 0 saturated carbocycles. The van der Waals surface area contributed by atoms with Gasteiger partial charge in [0.1, 0.15) is 5.82 Å². The van der Waals surface area contributed by atoms with E-state index in [2.05, 4.69) is 5.32 Å². The van der Waals surface area contributed by atoms with Crippen molar-refractivity contribution in [3.05, 3.63) is 34.6 Å². The topological polar surface area (TPSA) is 21.3 Å². The molecule has 4 heteroatoms. The molecule has 0 fully saturated rings. The summed E-state index contributed by atoms with van der Waals surface area (Å²) in [5, 5.41) is 3.37. The third-order valence-corrected chi connectivity index (χ3v) is 2.36. The minimum Gasteiger partial charge on any atom is -0.383 e. The summed E-state index contributed by atoms with van der Waals surface area (Å²) in [5.41, 5.74) is 0.875. The van der Waals surface area contributed by atoms with Gasteiger partial charge in [0, 0.05) is 19.7 Å². The molecule has 0 aliphatic rings. The van der Waals surface area contributed by atoms with Crippen molar-refractivity contribution < 1.29 is 9.13 Å². The second-order valence-corrected chi connectivity index (χ2v) is 3.89. The molecule has 1 rings (SSSR count). The molecule has 2 nitrogen and oxygen atoms in total. The lowest BCUT2D eigenvalue weighted by atomic mass is 10.2. The predicted octanol–water partition coefficient (Wildman–Crippen LogP) is 2.60. The smallest absolute Gasteiger partial charge is 0.142 e. The van der Waals surface area contributed by atoms with Gasteiger partial charge < -0.3 is 10.1 Å². The molecule has 84 valence electrons. The molecule has 1 aromatic carbocycles. The molecule has 0 heterocycles. The zero-order chi connectivity index (χ0) is 11.3. The standard InChI is InChI=1S/C11H15ClFNO/c1-8(7-15-2)14-6-9-3-4-10(12)11(13)5-9/h3-5,8,14H,6-7H2,1-2H3/t8-/m1/s1. The van der Waals surface area contributed by atoms with Crippen LogP contribution >= 0.6 is 11.6 Å². The Morgan fingerprint density at radius 3 is 2.87 bits per heavy atom. The number of halogens is 2. The first-order chi connectivity index (χ1) is 7.13. The first-order valence-corrected chi connectivity index (χ1v) is 5.17. The summed E-state index contributed by atoms with van der Waals surface area (Å²) in [4.78, 5) is 0. The first-order valence-electron chi connectivity index (χ1n) is 4.79. The van der Waals surface area contributed by atoms with Crippen LogP contribution in [0, 0.1) is 5.82 Å². The lowest BCUT2D eigenvalue weighted by molar-refractivity contribution is 0.171. The van der Waals surface area contributed by atoms with Gasteiger partial charge in [-0.25, -0.2) is 4.39 Å². The van der Waals surface area contributed by atoms with E-state index in [0.29, 0.717) is 13.2 Å². The van der Waals surface area contributed by atoms with Gasteiger partial charge in [0.2, 0.25) is 0 Å². The zero-order valence-electron chi connectivity index (χ0n) is 8.89. The van der Waals surface area contributed by atoms with Gasteiger partial charge in [-0.3, -0.25) is 0 Å². The molecule has 1 aromatic rings. The Balaban J connectivity index is 2.47. The SMILES string of the molecule is COC[C@@H](C)NCc1ccc(Cl)c(F)c1. The average molecular weight is 232 g/mol. The number of methoxy groups -OCH3 is 1. The number of benzene rings is 1. The van der Waals surface area contributed by atoms with E-state index >= 15 is 0 Å². The van der Waals surface area contributed by atoms with Crippen LogP contribution in [0.15, 0.2) is 18.2 Å². The van der Waals surface area contributed by atoms with E-state index in [1.807, 2.05) is 6.92 Å². The van der Waals surface area contributed by atoms with Crippen LogP contribution in [0.1, 0.15) is 12.5 Å². The Labute approximate surface area is 94.4 Å². The second kappa shape index (κ2) is 6.05. The van der Waals surface area contributed by atoms with Crippen LogP contribution in [0.2, 0.25) is 5.02 Å². The highest BCUT2D eigenvalue weighted by atomic mass is 35.5. The monoisotopic (exact) mass is 231 g/mol. The van der Waals surface area contributed by atoms with Crippen molar-refractivity contribution in [1.29, 1.82) is 0 Å². The van der Waals surface area contributed by atoms with Crippen molar-refractivity contribution >= 4 is 11.6 Å². The molecule has 1 N–H and O–H groups in total. The van der Waals surface area contributed by atoms with Crippen LogP contribution in [0.3, 0.4) is 0 Å². The number of nitrogens with one attached hydrogen (secondary N) is 1. The van der Waals surface area contributed by atoms with Crippen LogP contribution in [-0.4, -0.2) is 19.8 Å². The van der Waals surface area contributed by atoms with Gasteiger partial charge in [0.05, 0.1) is 11.6 Å². The van der Waals surface area contributed by atoms with E-state index in [1.54, 1.807) is 19.2 Å². The molecule has 0 amide bonds. The van der Waals surface area contributed by atoms with Gasteiger partial charge in [-0.2, -0.15) is 0 Å². The normalized spacial score (nSPS) is 12.8. The second-order valence-electron chi connectivity index (χ2n) is 3.49. The quantitative estimate of drug-likeness (QED) is 0.841. The maximum absolute atomic E-state index is 13.1. The summed E-state index contributed by atoms with van der Waals surface area (Å²) >= 11 is 5.58. The van der Waals surface area contributed by atoms with E-state index in [1.165, 1.54) is 6.07 Å². The minimum atomic E-state index is -0.379. The lowest BCUT2D eigenvalue weighted by Gasteiger charge is -2.12. The highest BCUT2D eigenvalue weighted by Gasteiger charge is 2.03. The van der Waals surface area contributed by atoms with Gasteiger partial charge >= 0.3 is 0 Å². The van der Waals surface area contributed by atoms with Crippen molar-refractivity contribution in [2.24, 2.45) is 0 Å².